The summed E-state index contributed by atoms with van der Waals surface area (Å²) in [6.45, 7) is 2.49. The van der Waals surface area contributed by atoms with Crippen LogP contribution in [-0.2, 0) is 6.61 Å². The van der Waals surface area contributed by atoms with Crippen molar-refractivity contribution in [1.29, 1.82) is 0 Å². The maximum atomic E-state index is 5.77. The smallest absolute Gasteiger partial charge is 0.235 e. The summed E-state index contributed by atoms with van der Waals surface area (Å²) in [4.78, 5) is 1.84. The van der Waals surface area contributed by atoms with Crippen LogP contribution < -0.4 is 4.74 Å². The van der Waals surface area contributed by atoms with Crippen LogP contribution in [0.3, 0.4) is 0 Å². The summed E-state index contributed by atoms with van der Waals surface area (Å²) in [6.07, 6.45) is 0. The van der Waals surface area contributed by atoms with Crippen LogP contribution in [0, 0.1) is 6.92 Å². The highest BCUT2D eigenvalue weighted by Gasteiger charge is 2.14. The van der Waals surface area contributed by atoms with E-state index < -0.39 is 0 Å². The standard InChI is InChI=1S/C15H12N4OS2/c1-10-4-6-11(7-5-10)20-9-13-18-19-14(12-3-2-8-21-12)16-17-15(19)22-13/h2-8H,9H2,1H3. The minimum absolute atomic E-state index is 0.432. The number of fused-ring (bicyclic) bond motifs is 1. The maximum Gasteiger partial charge on any atom is 0.235 e. The molecule has 0 saturated carbocycles. The first kappa shape index (κ1) is 13.4. The number of rotatable bonds is 4. The Labute approximate surface area is 134 Å². The van der Waals surface area contributed by atoms with Crippen molar-refractivity contribution in [3.8, 4) is 16.5 Å². The van der Waals surface area contributed by atoms with Gasteiger partial charge in [0, 0.05) is 0 Å². The summed E-state index contributed by atoms with van der Waals surface area (Å²) in [5.41, 5.74) is 1.21. The van der Waals surface area contributed by atoms with Gasteiger partial charge in [-0.2, -0.15) is 9.61 Å². The number of aromatic nitrogens is 4. The van der Waals surface area contributed by atoms with Crippen molar-refractivity contribution in [2.75, 3.05) is 0 Å². The predicted molar refractivity (Wildman–Crippen MR) is 87.5 cm³/mol. The van der Waals surface area contributed by atoms with Crippen LogP contribution in [0.5, 0.6) is 5.75 Å². The monoisotopic (exact) mass is 328 g/mol. The lowest BCUT2D eigenvalue weighted by molar-refractivity contribution is 0.304. The largest absolute Gasteiger partial charge is 0.486 e. The zero-order valence-corrected chi connectivity index (χ0v) is 13.4. The van der Waals surface area contributed by atoms with Gasteiger partial charge in [0.05, 0.1) is 4.88 Å². The van der Waals surface area contributed by atoms with Crippen LogP contribution in [-0.4, -0.2) is 19.8 Å². The molecule has 0 spiro atoms. The van der Waals surface area contributed by atoms with E-state index in [1.807, 2.05) is 41.8 Å². The predicted octanol–water partition coefficient (Wildman–Crippen LogP) is 3.80. The average molecular weight is 328 g/mol. The van der Waals surface area contributed by atoms with E-state index in [9.17, 15) is 0 Å². The SMILES string of the molecule is Cc1ccc(OCc2nn3c(-c4cccs4)nnc3s2)cc1. The van der Waals surface area contributed by atoms with Gasteiger partial charge in [0.1, 0.15) is 12.4 Å². The molecule has 0 N–H and O–H groups in total. The second kappa shape index (κ2) is 5.51. The Bertz CT molecular complexity index is 894. The molecule has 0 saturated heterocycles. The molecule has 0 amide bonds. The quantitative estimate of drug-likeness (QED) is 0.572. The third-order valence-corrected chi connectivity index (χ3v) is 4.90. The molecule has 0 aliphatic heterocycles. The van der Waals surface area contributed by atoms with Crippen LogP contribution in [0.1, 0.15) is 10.6 Å². The minimum atomic E-state index is 0.432. The highest BCUT2D eigenvalue weighted by molar-refractivity contribution is 7.16. The van der Waals surface area contributed by atoms with E-state index in [0.29, 0.717) is 6.61 Å². The van der Waals surface area contributed by atoms with Crippen molar-refractivity contribution in [3.63, 3.8) is 0 Å². The molecule has 0 aliphatic rings. The van der Waals surface area contributed by atoms with Crippen LogP contribution in [0.15, 0.2) is 41.8 Å². The maximum absolute atomic E-state index is 5.77. The topological polar surface area (TPSA) is 52.3 Å². The number of benzene rings is 1. The Kier molecular flexibility index (Phi) is 3.36. The zero-order chi connectivity index (χ0) is 14.9. The van der Waals surface area contributed by atoms with Gasteiger partial charge in [0.15, 0.2) is 10.8 Å². The molecule has 0 atom stereocenters. The van der Waals surface area contributed by atoms with E-state index in [1.165, 1.54) is 16.9 Å². The number of hydrogen-bond acceptors (Lipinski definition) is 6. The normalized spacial score (nSPS) is 11.1. The first-order valence-electron chi connectivity index (χ1n) is 6.74. The molecule has 3 aromatic heterocycles. The molecule has 0 aliphatic carbocycles. The van der Waals surface area contributed by atoms with Crippen LogP contribution in [0.4, 0.5) is 0 Å². The second-order valence-corrected chi connectivity index (χ2v) is 6.78. The van der Waals surface area contributed by atoms with Crippen LogP contribution in [0.25, 0.3) is 15.7 Å². The third kappa shape index (κ3) is 2.49. The molecule has 4 rings (SSSR count). The molecule has 110 valence electrons. The molecule has 5 nitrogen and oxygen atoms in total. The Morgan fingerprint density at radius 1 is 1.14 bits per heavy atom. The highest BCUT2D eigenvalue weighted by Crippen LogP contribution is 2.25. The van der Waals surface area contributed by atoms with Crippen molar-refractivity contribution in [2.45, 2.75) is 13.5 Å². The minimum Gasteiger partial charge on any atom is -0.486 e. The summed E-state index contributed by atoms with van der Waals surface area (Å²) < 4.78 is 7.55. The summed E-state index contributed by atoms with van der Waals surface area (Å²) in [5, 5.41) is 15.8. The summed E-state index contributed by atoms with van der Waals surface area (Å²) in [6, 6.07) is 12.0. The van der Waals surface area contributed by atoms with E-state index >= 15 is 0 Å². The van der Waals surface area contributed by atoms with Gasteiger partial charge in [-0.3, -0.25) is 0 Å². The van der Waals surface area contributed by atoms with E-state index in [0.717, 1.165) is 26.4 Å². The average Bonchev–Trinajstić information content (AvgIpc) is 3.22. The summed E-state index contributed by atoms with van der Waals surface area (Å²) in [5.74, 6) is 1.62. The summed E-state index contributed by atoms with van der Waals surface area (Å²) in [7, 11) is 0. The fourth-order valence-corrected chi connectivity index (χ4v) is 3.49. The van der Waals surface area contributed by atoms with E-state index in [2.05, 4.69) is 22.2 Å². The molecule has 1 aromatic carbocycles. The van der Waals surface area contributed by atoms with Crippen molar-refractivity contribution < 1.29 is 4.74 Å². The number of aryl methyl sites for hydroxylation is 1. The fraction of sp³-hybridized carbons (Fsp3) is 0.133. The van der Waals surface area contributed by atoms with Crippen molar-refractivity contribution in [1.82, 2.24) is 19.8 Å². The Balaban J connectivity index is 1.57. The van der Waals surface area contributed by atoms with Gasteiger partial charge in [0.25, 0.3) is 0 Å². The van der Waals surface area contributed by atoms with Gasteiger partial charge >= 0.3 is 0 Å². The number of nitrogens with zero attached hydrogens (tertiary/aromatic N) is 4. The van der Waals surface area contributed by atoms with Gasteiger partial charge in [-0.05, 0) is 30.5 Å². The van der Waals surface area contributed by atoms with Gasteiger partial charge in [0.2, 0.25) is 4.96 Å². The Morgan fingerprint density at radius 2 is 2.00 bits per heavy atom. The van der Waals surface area contributed by atoms with Crippen LogP contribution in [0.2, 0.25) is 0 Å². The Morgan fingerprint density at radius 3 is 2.77 bits per heavy atom. The molecule has 0 fully saturated rings. The molecule has 3 heterocycles. The van der Waals surface area contributed by atoms with Gasteiger partial charge < -0.3 is 4.74 Å². The van der Waals surface area contributed by atoms with Crippen molar-refractivity contribution in [3.05, 3.63) is 52.3 Å². The van der Waals surface area contributed by atoms with Gasteiger partial charge in [-0.1, -0.05) is 35.1 Å². The second-order valence-electron chi connectivity index (χ2n) is 4.79. The van der Waals surface area contributed by atoms with Crippen LogP contribution >= 0.6 is 22.7 Å². The molecule has 22 heavy (non-hydrogen) atoms. The molecular weight excluding hydrogens is 316 g/mol. The fourth-order valence-electron chi connectivity index (χ4n) is 2.05. The van der Waals surface area contributed by atoms with Crippen molar-refractivity contribution in [2.24, 2.45) is 0 Å². The van der Waals surface area contributed by atoms with Gasteiger partial charge in [-0.25, -0.2) is 0 Å². The molecule has 7 heteroatoms. The molecule has 4 aromatic rings. The number of hydrogen-bond donors (Lipinski definition) is 0. The molecule has 0 radical (unpaired) electrons. The lowest BCUT2D eigenvalue weighted by atomic mass is 10.2. The van der Waals surface area contributed by atoms with E-state index in [4.69, 9.17) is 4.74 Å². The third-order valence-electron chi connectivity index (χ3n) is 3.16. The zero-order valence-electron chi connectivity index (χ0n) is 11.8. The lowest BCUT2D eigenvalue weighted by Gasteiger charge is -2.03. The van der Waals surface area contributed by atoms with Crippen molar-refractivity contribution >= 4 is 27.6 Å². The number of thiophene rings is 1. The first-order chi connectivity index (χ1) is 10.8. The first-order valence-corrected chi connectivity index (χ1v) is 8.44. The van der Waals surface area contributed by atoms with Gasteiger partial charge in [-0.15, -0.1) is 21.5 Å². The van der Waals surface area contributed by atoms with E-state index in [1.54, 1.807) is 15.9 Å². The highest BCUT2D eigenvalue weighted by atomic mass is 32.1. The lowest BCUT2D eigenvalue weighted by Crippen LogP contribution is -1.97. The Hall–Kier alpha value is -2.25. The molecule has 0 bridgehead atoms. The summed E-state index contributed by atoms with van der Waals surface area (Å²) >= 11 is 3.12. The number of ether oxygens (including phenoxy) is 1. The molecular formula is C15H12N4OS2. The van der Waals surface area contributed by atoms with E-state index in [-0.39, 0.29) is 0 Å². The molecule has 0 unspecified atom stereocenters.